The minimum Gasteiger partial charge on any atom is -0.480 e. The summed E-state index contributed by atoms with van der Waals surface area (Å²) in [5.41, 5.74) is 1.66. The number of hydrogen-bond acceptors (Lipinski definition) is 4. The largest absolute Gasteiger partial charge is 0.480 e. The minimum absolute atomic E-state index is 0.146. The summed E-state index contributed by atoms with van der Waals surface area (Å²) >= 11 is 0. The fourth-order valence-corrected chi connectivity index (χ4v) is 3.90. The monoisotopic (exact) mass is 421 g/mol. The zero-order valence-electron chi connectivity index (χ0n) is 17.1. The average Bonchev–Trinajstić information content (AvgIpc) is 3.00. The Bertz CT molecular complexity index is 1420. The van der Waals surface area contributed by atoms with Crippen molar-refractivity contribution < 1.29 is 19.1 Å². The van der Waals surface area contributed by atoms with Gasteiger partial charge in [-0.2, -0.15) is 5.10 Å². The number of ketones is 1. The predicted molar refractivity (Wildman–Crippen MR) is 115 cm³/mol. The molecule has 0 amide bonds. The Morgan fingerprint density at radius 1 is 1.06 bits per heavy atom. The second kappa shape index (κ2) is 7.79. The van der Waals surface area contributed by atoms with E-state index in [2.05, 4.69) is 5.10 Å². The van der Waals surface area contributed by atoms with Gasteiger partial charge in [0.05, 0.1) is 5.39 Å². The van der Waals surface area contributed by atoms with Gasteiger partial charge in [0.2, 0.25) is 0 Å². The van der Waals surface area contributed by atoms with Gasteiger partial charge in [-0.15, -0.1) is 0 Å². The highest BCUT2D eigenvalue weighted by molar-refractivity contribution is 6.05. The van der Waals surface area contributed by atoms with Crippen molar-refractivity contribution in [1.29, 1.82) is 0 Å². The minimum atomic E-state index is -1.03. The van der Waals surface area contributed by atoms with E-state index in [1.807, 2.05) is 0 Å². The van der Waals surface area contributed by atoms with Crippen molar-refractivity contribution in [2.24, 2.45) is 0 Å². The average molecular weight is 421 g/mol. The van der Waals surface area contributed by atoms with Crippen molar-refractivity contribution in [3.8, 4) is 11.3 Å². The zero-order valence-corrected chi connectivity index (χ0v) is 17.1. The second-order valence-electron chi connectivity index (χ2n) is 7.35. The number of fused-ring (bicyclic) bond motifs is 2. The number of benzene rings is 2. The van der Waals surface area contributed by atoms with E-state index in [-0.39, 0.29) is 30.9 Å². The maximum atomic E-state index is 14.2. The van der Waals surface area contributed by atoms with Crippen LogP contribution in [0.2, 0.25) is 0 Å². The third-order valence-electron chi connectivity index (χ3n) is 5.40. The lowest BCUT2D eigenvalue weighted by Gasteiger charge is -2.11. The maximum Gasteiger partial charge on any atom is 0.323 e. The van der Waals surface area contributed by atoms with Gasteiger partial charge in [0.1, 0.15) is 24.6 Å². The Morgan fingerprint density at radius 3 is 2.45 bits per heavy atom. The maximum absolute atomic E-state index is 14.2. The highest BCUT2D eigenvalue weighted by Gasteiger charge is 2.22. The van der Waals surface area contributed by atoms with Crippen LogP contribution in [0.3, 0.4) is 0 Å². The molecule has 0 atom stereocenters. The Kier molecular flexibility index (Phi) is 5.14. The van der Waals surface area contributed by atoms with Crippen LogP contribution < -0.4 is 5.56 Å². The summed E-state index contributed by atoms with van der Waals surface area (Å²) in [6, 6.07) is 11.0. The van der Waals surface area contributed by atoms with Gasteiger partial charge in [0.25, 0.3) is 5.56 Å². The van der Waals surface area contributed by atoms with Gasteiger partial charge >= 0.3 is 5.97 Å². The molecule has 0 saturated heterocycles. The molecule has 8 heteroatoms. The first-order chi connectivity index (χ1) is 14.8. The summed E-state index contributed by atoms with van der Waals surface area (Å²) in [7, 11) is 0. The van der Waals surface area contributed by atoms with E-state index in [9.17, 15) is 23.9 Å². The topological polar surface area (TPSA) is 94.2 Å². The van der Waals surface area contributed by atoms with Crippen LogP contribution in [0.1, 0.15) is 19.0 Å². The van der Waals surface area contributed by atoms with Crippen LogP contribution in [0.15, 0.2) is 47.3 Å². The number of hydrogen-bond donors (Lipinski definition) is 1. The SMILES string of the molecule is CCC(=O)Cn1nc(-c2c(C)n(CC(=O)O)c3ccc(F)cc23)c2ccccc2c1=O. The van der Waals surface area contributed by atoms with Gasteiger partial charge in [0.15, 0.2) is 5.78 Å². The van der Waals surface area contributed by atoms with Gasteiger partial charge < -0.3 is 9.67 Å². The molecule has 2 heterocycles. The third kappa shape index (κ3) is 3.50. The van der Waals surface area contributed by atoms with Gasteiger partial charge in [-0.3, -0.25) is 14.4 Å². The molecular formula is C23H20FN3O4. The van der Waals surface area contributed by atoms with Crippen LogP contribution in [0, 0.1) is 12.7 Å². The molecule has 0 unspecified atom stereocenters. The Hall–Kier alpha value is -3.81. The molecule has 0 saturated carbocycles. The number of Topliss-reactive ketones (excluding diaryl/α,β-unsaturated/α-hetero) is 1. The van der Waals surface area contributed by atoms with Gasteiger partial charge in [-0.25, -0.2) is 9.07 Å². The quantitative estimate of drug-likeness (QED) is 0.514. The molecule has 1 N–H and O–H groups in total. The molecule has 0 spiro atoms. The summed E-state index contributed by atoms with van der Waals surface area (Å²) in [4.78, 5) is 36.4. The van der Waals surface area contributed by atoms with Crippen LogP contribution in [-0.4, -0.2) is 31.2 Å². The van der Waals surface area contributed by atoms with E-state index in [1.165, 1.54) is 18.2 Å². The molecule has 4 rings (SSSR count). The van der Waals surface area contributed by atoms with Crippen molar-refractivity contribution in [1.82, 2.24) is 14.3 Å². The first kappa shape index (κ1) is 20.5. The molecule has 0 aliphatic carbocycles. The summed E-state index contributed by atoms with van der Waals surface area (Å²) < 4.78 is 16.9. The van der Waals surface area contributed by atoms with E-state index < -0.39 is 11.8 Å². The number of halogens is 1. The molecule has 2 aromatic carbocycles. The fraction of sp³-hybridized carbons (Fsp3) is 0.217. The van der Waals surface area contributed by atoms with Crippen molar-refractivity contribution >= 4 is 33.4 Å². The molecule has 0 bridgehead atoms. The van der Waals surface area contributed by atoms with Crippen molar-refractivity contribution in [3.05, 3.63) is 64.3 Å². The molecule has 7 nitrogen and oxygen atoms in total. The molecular weight excluding hydrogens is 401 g/mol. The van der Waals surface area contributed by atoms with E-state index in [0.29, 0.717) is 38.6 Å². The van der Waals surface area contributed by atoms with Gasteiger partial charge in [-0.1, -0.05) is 25.1 Å². The lowest BCUT2D eigenvalue weighted by molar-refractivity contribution is -0.137. The lowest BCUT2D eigenvalue weighted by atomic mass is 10.0. The number of carboxylic acids is 1. The van der Waals surface area contributed by atoms with Crippen LogP contribution >= 0.6 is 0 Å². The van der Waals surface area contributed by atoms with E-state index >= 15 is 0 Å². The zero-order chi connectivity index (χ0) is 22.3. The molecule has 31 heavy (non-hydrogen) atoms. The summed E-state index contributed by atoms with van der Waals surface area (Å²) in [6.45, 7) is 2.97. The smallest absolute Gasteiger partial charge is 0.323 e. The number of aromatic nitrogens is 3. The lowest BCUT2D eigenvalue weighted by Crippen LogP contribution is -2.27. The molecule has 0 aliphatic rings. The molecule has 0 aliphatic heterocycles. The molecule has 0 fully saturated rings. The summed E-state index contributed by atoms with van der Waals surface area (Å²) in [5.74, 6) is -1.65. The molecule has 0 radical (unpaired) electrons. The fourth-order valence-electron chi connectivity index (χ4n) is 3.90. The number of carbonyl (C=O) groups excluding carboxylic acids is 1. The second-order valence-corrected chi connectivity index (χ2v) is 7.35. The van der Waals surface area contributed by atoms with Crippen molar-refractivity contribution in [2.45, 2.75) is 33.4 Å². The Morgan fingerprint density at radius 2 is 1.77 bits per heavy atom. The standard InChI is InChI=1S/C23H20FN3O4/c1-3-15(28)11-27-23(31)17-7-5-4-6-16(17)22(25-27)21-13(2)26(12-20(29)30)19-9-8-14(24)10-18(19)21/h4-10H,3,11-12H2,1-2H3,(H,29,30). The molecule has 4 aromatic rings. The number of carboxylic acid groups (broad SMARTS) is 1. The predicted octanol–water partition coefficient (Wildman–Crippen LogP) is 3.53. The molecule has 158 valence electrons. The van der Waals surface area contributed by atoms with E-state index in [4.69, 9.17) is 0 Å². The van der Waals surface area contributed by atoms with Crippen LogP contribution in [0.25, 0.3) is 32.9 Å². The first-order valence-electron chi connectivity index (χ1n) is 9.83. The van der Waals surface area contributed by atoms with Crippen LogP contribution in [-0.2, 0) is 22.7 Å². The summed E-state index contributed by atoms with van der Waals surface area (Å²) in [5, 5.41) is 15.3. The van der Waals surface area contributed by atoms with E-state index in [0.717, 1.165) is 4.68 Å². The number of carbonyl (C=O) groups is 2. The third-order valence-corrected chi connectivity index (χ3v) is 5.40. The van der Waals surface area contributed by atoms with Crippen LogP contribution in [0.4, 0.5) is 4.39 Å². The normalized spacial score (nSPS) is 11.3. The summed E-state index contributed by atoms with van der Waals surface area (Å²) in [6.07, 6.45) is 0.262. The Balaban J connectivity index is 2.12. The molecule has 2 aromatic heterocycles. The van der Waals surface area contributed by atoms with Gasteiger partial charge in [0, 0.05) is 34.0 Å². The van der Waals surface area contributed by atoms with Crippen molar-refractivity contribution in [3.63, 3.8) is 0 Å². The van der Waals surface area contributed by atoms with Crippen molar-refractivity contribution in [2.75, 3.05) is 0 Å². The number of aliphatic carboxylic acids is 1. The van der Waals surface area contributed by atoms with E-state index in [1.54, 1.807) is 42.7 Å². The Labute approximate surface area is 176 Å². The van der Waals surface area contributed by atoms with Gasteiger partial charge in [-0.05, 0) is 31.2 Å². The highest BCUT2D eigenvalue weighted by Crippen LogP contribution is 2.36. The number of rotatable bonds is 6. The highest BCUT2D eigenvalue weighted by atomic mass is 19.1. The first-order valence-corrected chi connectivity index (χ1v) is 9.83. The number of nitrogens with zero attached hydrogens (tertiary/aromatic N) is 3. The van der Waals surface area contributed by atoms with Crippen LogP contribution in [0.5, 0.6) is 0 Å².